The van der Waals surface area contributed by atoms with Crippen LogP contribution < -0.4 is 9.47 Å². The molecule has 26 heavy (non-hydrogen) atoms. The van der Waals surface area contributed by atoms with Gasteiger partial charge in [-0.2, -0.15) is 0 Å². The number of hydrogen-bond donors (Lipinski definition) is 0. The van der Waals surface area contributed by atoms with E-state index in [2.05, 4.69) is 9.47 Å². The Bertz CT molecular complexity index is 645. The number of nitrogens with zero attached hydrogens (tertiary/aromatic N) is 1. The van der Waals surface area contributed by atoms with E-state index in [4.69, 9.17) is 14.2 Å². The predicted molar refractivity (Wildman–Crippen MR) is 88.2 cm³/mol. The minimum Gasteiger partial charge on any atom is -0.493 e. The second-order valence-electron chi connectivity index (χ2n) is 4.89. The average Bonchev–Trinajstić information content (AvgIpc) is 2.63. The highest BCUT2D eigenvalue weighted by Gasteiger charge is 2.21. The lowest BCUT2D eigenvalue weighted by Crippen LogP contribution is -2.09. The number of esters is 1. The van der Waals surface area contributed by atoms with E-state index in [9.17, 15) is 19.7 Å². The lowest BCUT2D eigenvalue weighted by atomic mass is 10.1. The molecule has 0 aliphatic rings. The maximum atomic E-state index is 11.3. The molecule has 0 unspecified atom stereocenters. The number of hydrogen-bond acceptors (Lipinski definition) is 9. The molecule has 0 atom stereocenters. The Kier molecular flexibility index (Phi) is 8.68. The van der Waals surface area contributed by atoms with Crippen LogP contribution in [0, 0.1) is 10.1 Å². The number of ether oxygens (including phenoxy) is 5. The molecular weight excluding hydrogens is 350 g/mol. The Morgan fingerprint density at radius 1 is 1.15 bits per heavy atom. The molecule has 10 nitrogen and oxygen atoms in total. The molecule has 0 heterocycles. The molecule has 144 valence electrons. The third kappa shape index (κ3) is 6.46. The minimum absolute atomic E-state index is 0.127. The molecule has 1 aromatic rings. The molecule has 0 aliphatic carbocycles. The van der Waals surface area contributed by atoms with E-state index < -0.39 is 11.1 Å². The van der Waals surface area contributed by atoms with Gasteiger partial charge in [-0.25, -0.2) is 4.79 Å². The lowest BCUT2D eigenvalue weighted by molar-refractivity contribution is -0.385. The van der Waals surface area contributed by atoms with Crippen LogP contribution in [-0.4, -0.2) is 44.5 Å². The van der Waals surface area contributed by atoms with Crippen LogP contribution in [-0.2, 0) is 25.6 Å². The molecule has 1 aromatic carbocycles. The normalized spacial score (nSPS) is 9.96. The zero-order valence-electron chi connectivity index (χ0n) is 14.8. The summed E-state index contributed by atoms with van der Waals surface area (Å²) in [5.41, 5.74) is -0.167. The molecule has 1 rings (SSSR count). The first kappa shape index (κ1) is 21.0. The van der Waals surface area contributed by atoms with Gasteiger partial charge in [0.25, 0.3) is 5.69 Å². The van der Waals surface area contributed by atoms with Crippen molar-refractivity contribution in [3.8, 4) is 11.5 Å². The molecule has 0 saturated heterocycles. The average molecular weight is 371 g/mol. The molecule has 0 amide bonds. The lowest BCUT2D eigenvalue weighted by Gasteiger charge is -2.13. The number of nitro benzene ring substituents is 1. The summed E-state index contributed by atoms with van der Waals surface area (Å²) in [4.78, 5) is 33.0. The highest BCUT2D eigenvalue weighted by Crippen LogP contribution is 2.35. The van der Waals surface area contributed by atoms with Crippen molar-refractivity contribution in [1.82, 2.24) is 0 Å². The van der Waals surface area contributed by atoms with Crippen molar-refractivity contribution in [2.24, 2.45) is 0 Å². The predicted octanol–water partition coefficient (Wildman–Crippen LogP) is 2.61. The molecule has 0 aromatic heterocycles. The summed E-state index contributed by atoms with van der Waals surface area (Å²) in [5, 5.41) is 11.3. The molecule has 0 N–H and O–H groups in total. The van der Waals surface area contributed by atoms with Crippen molar-refractivity contribution in [2.75, 3.05) is 27.4 Å². The second kappa shape index (κ2) is 10.7. The van der Waals surface area contributed by atoms with Gasteiger partial charge in [0.2, 0.25) is 0 Å². The molecule has 0 radical (unpaired) electrons. The Balaban J connectivity index is 2.88. The van der Waals surface area contributed by atoms with Gasteiger partial charge in [0.05, 0.1) is 44.0 Å². The van der Waals surface area contributed by atoms with E-state index >= 15 is 0 Å². The summed E-state index contributed by atoms with van der Waals surface area (Å²) in [7, 11) is 2.66. The fraction of sp³-hybridized carbons (Fsp3) is 0.500. The van der Waals surface area contributed by atoms with Crippen molar-refractivity contribution < 1.29 is 38.2 Å². The minimum atomic E-state index is -0.927. The highest BCUT2D eigenvalue weighted by molar-refractivity contribution is 5.69. The van der Waals surface area contributed by atoms with Gasteiger partial charge in [-0.1, -0.05) is 0 Å². The van der Waals surface area contributed by atoms with Crippen LogP contribution in [0.25, 0.3) is 0 Å². The van der Waals surface area contributed by atoms with Gasteiger partial charge >= 0.3 is 12.1 Å². The van der Waals surface area contributed by atoms with Crippen molar-refractivity contribution in [3.05, 3.63) is 27.8 Å². The van der Waals surface area contributed by atoms with Crippen molar-refractivity contribution in [2.45, 2.75) is 26.4 Å². The third-order valence-corrected chi connectivity index (χ3v) is 3.18. The number of carbonyl (C=O) groups excluding carboxylic acids is 2. The smallest absolute Gasteiger partial charge is 0.493 e. The van der Waals surface area contributed by atoms with Crippen LogP contribution >= 0.6 is 0 Å². The zero-order valence-corrected chi connectivity index (χ0v) is 14.8. The highest BCUT2D eigenvalue weighted by atomic mass is 16.7. The van der Waals surface area contributed by atoms with Gasteiger partial charge in [0.1, 0.15) is 6.61 Å². The topological polar surface area (TPSA) is 123 Å². The molecule has 0 fully saturated rings. The number of carbonyl (C=O) groups is 2. The van der Waals surface area contributed by atoms with E-state index in [1.807, 2.05) is 0 Å². The number of nitro groups is 1. The molecule has 10 heteroatoms. The molecule has 0 aliphatic heterocycles. The standard InChI is InChI=1S/C16H21NO9/c1-4-24-16(19)26-10-11-8-13(22-2)14(9-12(11)17(20)21)25-7-5-6-15(18)23-3/h8-9H,4-7,10H2,1-3H3. The van der Waals surface area contributed by atoms with Gasteiger partial charge in [-0.15, -0.1) is 0 Å². The van der Waals surface area contributed by atoms with Gasteiger partial charge in [0, 0.05) is 6.42 Å². The van der Waals surface area contributed by atoms with Crippen molar-refractivity contribution in [3.63, 3.8) is 0 Å². The zero-order chi connectivity index (χ0) is 19.5. The van der Waals surface area contributed by atoms with E-state index in [0.29, 0.717) is 6.42 Å². The Morgan fingerprint density at radius 3 is 2.46 bits per heavy atom. The summed E-state index contributed by atoms with van der Waals surface area (Å²) in [5.74, 6) is -0.00177. The van der Waals surface area contributed by atoms with Crippen LogP contribution in [0.15, 0.2) is 12.1 Å². The SMILES string of the molecule is CCOC(=O)OCc1cc(OC)c(OCCCC(=O)OC)cc1[N+](=O)[O-]. The van der Waals surface area contributed by atoms with Gasteiger partial charge in [-0.3, -0.25) is 14.9 Å². The first-order valence-electron chi connectivity index (χ1n) is 7.77. The van der Waals surface area contributed by atoms with Crippen molar-refractivity contribution >= 4 is 17.8 Å². The van der Waals surface area contributed by atoms with E-state index in [1.165, 1.54) is 26.4 Å². The summed E-state index contributed by atoms with van der Waals surface area (Å²) >= 11 is 0. The largest absolute Gasteiger partial charge is 0.508 e. The summed E-state index contributed by atoms with van der Waals surface area (Å²) < 4.78 is 24.6. The van der Waals surface area contributed by atoms with E-state index in [1.54, 1.807) is 6.92 Å². The molecule has 0 spiro atoms. The first-order chi connectivity index (χ1) is 12.4. The Labute approximate surface area is 150 Å². The van der Waals surface area contributed by atoms with Crippen LogP contribution in [0.4, 0.5) is 10.5 Å². The van der Waals surface area contributed by atoms with Crippen LogP contribution in [0.1, 0.15) is 25.3 Å². The molecular formula is C16H21NO9. The summed E-state index contributed by atoms with van der Waals surface area (Å²) in [6, 6.07) is 2.54. The first-order valence-corrected chi connectivity index (χ1v) is 7.77. The maximum Gasteiger partial charge on any atom is 0.508 e. The third-order valence-electron chi connectivity index (χ3n) is 3.18. The summed E-state index contributed by atoms with van der Waals surface area (Å²) in [6.07, 6.45) is -0.395. The van der Waals surface area contributed by atoms with Crippen LogP contribution in [0.3, 0.4) is 0 Å². The molecule has 0 bridgehead atoms. The van der Waals surface area contributed by atoms with Gasteiger partial charge in [0.15, 0.2) is 11.5 Å². The Hall–Kier alpha value is -3.04. The monoisotopic (exact) mass is 371 g/mol. The van der Waals surface area contributed by atoms with E-state index in [0.717, 1.165) is 0 Å². The fourth-order valence-corrected chi connectivity index (χ4v) is 1.95. The van der Waals surface area contributed by atoms with Gasteiger partial charge < -0.3 is 23.7 Å². The summed E-state index contributed by atoms with van der Waals surface area (Å²) in [6.45, 7) is 1.52. The second-order valence-corrected chi connectivity index (χ2v) is 4.89. The van der Waals surface area contributed by atoms with Crippen molar-refractivity contribution in [1.29, 1.82) is 0 Å². The quantitative estimate of drug-likeness (QED) is 0.264. The van der Waals surface area contributed by atoms with Crippen LogP contribution in [0.5, 0.6) is 11.5 Å². The van der Waals surface area contributed by atoms with Gasteiger partial charge in [-0.05, 0) is 19.4 Å². The van der Waals surface area contributed by atoms with E-state index in [-0.39, 0.29) is 55.0 Å². The maximum absolute atomic E-state index is 11.3. The Morgan fingerprint density at radius 2 is 1.88 bits per heavy atom. The number of benzene rings is 1. The fourth-order valence-electron chi connectivity index (χ4n) is 1.95. The molecule has 0 saturated carbocycles. The number of methoxy groups -OCH3 is 2. The number of rotatable bonds is 10. The van der Waals surface area contributed by atoms with Crippen LogP contribution in [0.2, 0.25) is 0 Å².